The number of para-hydroxylation sites is 1. The van der Waals surface area contributed by atoms with Gasteiger partial charge >= 0.3 is 0 Å². The highest BCUT2D eigenvalue weighted by molar-refractivity contribution is 5.56. The van der Waals surface area contributed by atoms with Gasteiger partial charge in [0.25, 0.3) is 0 Å². The number of benzene rings is 1. The number of nitrogens with zero attached hydrogens (tertiary/aromatic N) is 2. The molecule has 0 amide bonds. The topological polar surface area (TPSA) is 42.2 Å². The van der Waals surface area contributed by atoms with Crippen molar-refractivity contribution in [2.24, 2.45) is 5.73 Å². The van der Waals surface area contributed by atoms with Gasteiger partial charge in [0.15, 0.2) is 0 Å². The van der Waals surface area contributed by atoms with E-state index in [9.17, 15) is 4.39 Å². The molecule has 21 heavy (non-hydrogen) atoms. The van der Waals surface area contributed by atoms with E-state index in [1.165, 1.54) is 6.07 Å². The quantitative estimate of drug-likeness (QED) is 0.914. The van der Waals surface area contributed by atoms with Gasteiger partial charge in [-0.3, -0.25) is 4.98 Å². The largest absolute Gasteiger partial charge is 0.363 e. The molecule has 1 unspecified atom stereocenters. The van der Waals surface area contributed by atoms with E-state index < -0.39 is 0 Å². The third kappa shape index (κ3) is 3.58. The van der Waals surface area contributed by atoms with Gasteiger partial charge in [-0.25, -0.2) is 4.39 Å². The van der Waals surface area contributed by atoms with E-state index in [4.69, 9.17) is 5.73 Å². The van der Waals surface area contributed by atoms with E-state index in [-0.39, 0.29) is 11.9 Å². The van der Waals surface area contributed by atoms with Gasteiger partial charge in [-0.05, 0) is 44.5 Å². The number of pyridine rings is 1. The number of hydrogen-bond acceptors (Lipinski definition) is 3. The Morgan fingerprint density at radius 2 is 1.95 bits per heavy atom. The number of halogens is 1. The molecule has 0 aliphatic carbocycles. The summed E-state index contributed by atoms with van der Waals surface area (Å²) in [5.41, 5.74) is 9.28. The van der Waals surface area contributed by atoms with Crippen molar-refractivity contribution in [1.29, 1.82) is 0 Å². The maximum absolute atomic E-state index is 14.3. The van der Waals surface area contributed by atoms with E-state index in [1.54, 1.807) is 6.07 Å². The maximum atomic E-state index is 14.3. The molecule has 2 aromatic rings. The van der Waals surface area contributed by atoms with Crippen LogP contribution in [0.25, 0.3) is 0 Å². The van der Waals surface area contributed by atoms with Crippen molar-refractivity contribution in [3.05, 3.63) is 59.2 Å². The molecule has 2 rings (SSSR count). The average Bonchev–Trinajstić information content (AvgIpc) is 2.45. The summed E-state index contributed by atoms with van der Waals surface area (Å²) in [6.45, 7) is 7.09. The molecule has 0 saturated heterocycles. The zero-order valence-electron chi connectivity index (χ0n) is 12.8. The van der Waals surface area contributed by atoms with Gasteiger partial charge in [-0.15, -0.1) is 0 Å². The van der Waals surface area contributed by atoms with Crippen LogP contribution in [0, 0.1) is 12.7 Å². The molecule has 0 aliphatic rings. The molecule has 0 fully saturated rings. The number of aryl methyl sites for hydroxylation is 1. The first kappa shape index (κ1) is 15.4. The first-order valence-electron chi connectivity index (χ1n) is 7.24. The standard InChI is InChI=1S/C17H22FN3/c1-4-21(11-14-8-5-7-12(2)20-14)17-15(13(3)19)9-6-10-16(17)18/h5-10,13H,4,11,19H2,1-3H3. The van der Waals surface area contributed by atoms with E-state index in [0.717, 1.165) is 17.0 Å². The lowest BCUT2D eigenvalue weighted by Crippen LogP contribution is -2.26. The number of aromatic nitrogens is 1. The first-order valence-corrected chi connectivity index (χ1v) is 7.24. The Morgan fingerprint density at radius 1 is 1.24 bits per heavy atom. The molecule has 0 aliphatic heterocycles. The van der Waals surface area contributed by atoms with Crippen molar-refractivity contribution in [2.75, 3.05) is 11.4 Å². The Kier molecular flexibility index (Phi) is 4.91. The average molecular weight is 287 g/mol. The molecule has 4 heteroatoms. The molecule has 0 radical (unpaired) electrons. The lowest BCUT2D eigenvalue weighted by molar-refractivity contribution is 0.610. The van der Waals surface area contributed by atoms with Crippen molar-refractivity contribution < 1.29 is 4.39 Å². The predicted molar refractivity (Wildman–Crippen MR) is 84.7 cm³/mol. The van der Waals surface area contributed by atoms with Crippen LogP contribution >= 0.6 is 0 Å². The SMILES string of the molecule is CCN(Cc1cccc(C)n1)c1c(F)cccc1C(C)N. The molecule has 0 bridgehead atoms. The van der Waals surface area contributed by atoms with E-state index in [1.807, 2.05) is 49.9 Å². The minimum absolute atomic E-state index is 0.213. The van der Waals surface area contributed by atoms with Crippen molar-refractivity contribution in [2.45, 2.75) is 33.4 Å². The number of rotatable bonds is 5. The fraction of sp³-hybridized carbons (Fsp3) is 0.353. The number of hydrogen-bond donors (Lipinski definition) is 1. The van der Waals surface area contributed by atoms with Crippen molar-refractivity contribution >= 4 is 5.69 Å². The van der Waals surface area contributed by atoms with Crippen LogP contribution in [0.2, 0.25) is 0 Å². The second kappa shape index (κ2) is 6.68. The van der Waals surface area contributed by atoms with Crippen LogP contribution in [0.15, 0.2) is 36.4 Å². The highest BCUT2D eigenvalue weighted by Gasteiger charge is 2.17. The van der Waals surface area contributed by atoms with E-state index in [2.05, 4.69) is 4.98 Å². The van der Waals surface area contributed by atoms with Crippen LogP contribution in [-0.2, 0) is 6.54 Å². The van der Waals surface area contributed by atoms with Crippen LogP contribution in [0.3, 0.4) is 0 Å². The molecule has 3 nitrogen and oxygen atoms in total. The summed E-state index contributed by atoms with van der Waals surface area (Å²) in [5.74, 6) is -0.237. The zero-order valence-corrected chi connectivity index (χ0v) is 12.8. The van der Waals surface area contributed by atoms with Gasteiger partial charge in [0.2, 0.25) is 0 Å². The Bertz CT molecular complexity index is 611. The predicted octanol–water partition coefficient (Wildman–Crippen LogP) is 3.58. The Morgan fingerprint density at radius 3 is 2.57 bits per heavy atom. The molecule has 2 N–H and O–H groups in total. The molecule has 1 aromatic heterocycles. The summed E-state index contributed by atoms with van der Waals surface area (Å²) in [7, 11) is 0. The van der Waals surface area contributed by atoms with Crippen molar-refractivity contribution in [3.63, 3.8) is 0 Å². The fourth-order valence-electron chi connectivity index (χ4n) is 2.47. The zero-order chi connectivity index (χ0) is 15.4. The van der Waals surface area contributed by atoms with Crippen LogP contribution in [0.5, 0.6) is 0 Å². The van der Waals surface area contributed by atoms with Crippen LogP contribution in [-0.4, -0.2) is 11.5 Å². The van der Waals surface area contributed by atoms with Crippen LogP contribution < -0.4 is 10.6 Å². The molecule has 1 aromatic carbocycles. The molecule has 1 heterocycles. The van der Waals surface area contributed by atoms with Gasteiger partial charge in [0, 0.05) is 18.3 Å². The van der Waals surface area contributed by atoms with Gasteiger partial charge in [0.1, 0.15) is 5.82 Å². The fourth-order valence-corrected chi connectivity index (χ4v) is 2.47. The normalized spacial score (nSPS) is 12.2. The molecular weight excluding hydrogens is 265 g/mol. The monoisotopic (exact) mass is 287 g/mol. The summed E-state index contributed by atoms with van der Waals surface area (Å²) < 4.78 is 14.3. The summed E-state index contributed by atoms with van der Waals surface area (Å²) in [6, 6.07) is 10.7. The molecule has 1 atom stereocenters. The molecule has 0 spiro atoms. The number of anilines is 1. The van der Waals surface area contributed by atoms with E-state index in [0.29, 0.717) is 18.8 Å². The second-order valence-corrected chi connectivity index (χ2v) is 5.25. The molecule has 0 saturated carbocycles. The Hall–Kier alpha value is -1.94. The summed E-state index contributed by atoms with van der Waals surface area (Å²) in [4.78, 5) is 6.48. The minimum Gasteiger partial charge on any atom is -0.363 e. The van der Waals surface area contributed by atoms with Crippen molar-refractivity contribution in [1.82, 2.24) is 4.98 Å². The third-order valence-corrected chi connectivity index (χ3v) is 3.51. The Labute approximate surface area is 125 Å². The van der Waals surface area contributed by atoms with Crippen molar-refractivity contribution in [3.8, 4) is 0 Å². The number of nitrogens with two attached hydrogens (primary N) is 1. The maximum Gasteiger partial charge on any atom is 0.146 e. The van der Waals surface area contributed by atoms with Gasteiger partial charge in [0.05, 0.1) is 17.9 Å². The first-order chi connectivity index (χ1) is 10.0. The second-order valence-electron chi connectivity index (χ2n) is 5.25. The minimum atomic E-state index is -0.237. The smallest absolute Gasteiger partial charge is 0.146 e. The van der Waals surface area contributed by atoms with E-state index >= 15 is 0 Å². The summed E-state index contributed by atoms with van der Waals surface area (Å²) in [5, 5.41) is 0. The lowest BCUT2D eigenvalue weighted by atomic mass is 10.0. The molecular formula is C17H22FN3. The van der Waals surface area contributed by atoms with Gasteiger partial charge < -0.3 is 10.6 Å². The summed E-state index contributed by atoms with van der Waals surface area (Å²) >= 11 is 0. The van der Waals surface area contributed by atoms with Gasteiger partial charge in [-0.1, -0.05) is 18.2 Å². The lowest BCUT2D eigenvalue weighted by Gasteiger charge is -2.27. The summed E-state index contributed by atoms with van der Waals surface area (Å²) in [6.07, 6.45) is 0. The molecule has 112 valence electrons. The highest BCUT2D eigenvalue weighted by atomic mass is 19.1. The van der Waals surface area contributed by atoms with Gasteiger partial charge in [-0.2, -0.15) is 0 Å². The highest BCUT2D eigenvalue weighted by Crippen LogP contribution is 2.29. The Balaban J connectivity index is 2.38. The third-order valence-electron chi connectivity index (χ3n) is 3.51. The van der Waals surface area contributed by atoms with Crippen LogP contribution in [0.1, 0.15) is 36.8 Å². The van der Waals surface area contributed by atoms with Crippen LogP contribution in [0.4, 0.5) is 10.1 Å².